The molecule has 0 aliphatic carbocycles. The highest BCUT2D eigenvalue weighted by atomic mass is 16.3. The topological polar surface area (TPSA) is 23.5 Å². The van der Waals surface area contributed by atoms with Gasteiger partial charge in [-0.1, -0.05) is 36.9 Å². The molecular formula is C14H19NO. The van der Waals surface area contributed by atoms with Crippen molar-refractivity contribution in [3.8, 4) is 0 Å². The molecule has 0 saturated carbocycles. The summed E-state index contributed by atoms with van der Waals surface area (Å²) in [5.41, 5.74) is 2.50. The summed E-state index contributed by atoms with van der Waals surface area (Å²) in [7, 11) is 0. The van der Waals surface area contributed by atoms with Crippen molar-refractivity contribution < 1.29 is 5.11 Å². The van der Waals surface area contributed by atoms with Gasteiger partial charge in [-0.2, -0.15) is 0 Å². The van der Waals surface area contributed by atoms with E-state index in [1.165, 1.54) is 11.1 Å². The Balaban J connectivity index is 1.91. The first-order valence-electron chi connectivity index (χ1n) is 5.86. The van der Waals surface area contributed by atoms with Gasteiger partial charge in [-0.25, -0.2) is 0 Å². The summed E-state index contributed by atoms with van der Waals surface area (Å²) in [4.78, 5) is 2.41. The van der Waals surface area contributed by atoms with Crippen molar-refractivity contribution in [3.63, 3.8) is 0 Å². The highest BCUT2D eigenvalue weighted by Crippen LogP contribution is 2.18. The fourth-order valence-corrected chi connectivity index (χ4v) is 2.22. The molecule has 1 heterocycles. The minimum absolute atomic E-state index is 0.325. The van der Waals surface area contributed by atoms with E-state index in [0.717, 1.165) is 26.1 Å². The second-order valence-corrected chi connectivity index (χ2v) is 4.52. The van der Waals surface area contributed by atoms with E-state index in [1.807, 2.05) is 6.08 Å². The van der Waals surface area contributed by atoms with E-state index in [2.05, 4.69) is 35.7 Å². The van der Waals surface area contributed by atoms with Crippen LogP contribution >= 0.6 is 0 Å². The number of hydrogen-bond acceptors (Lipinski definition) is 2. The molecule has 2 nitrogen and oxygen atoms in total. The molecule has 1 aliphatic rings. The highest BCUT2D eigenvalue weighted by molar-refractivity contribution is 5.47. The van der Waals surface area contributed by atoms with Crippen molar-refractivity contribution in [1.82, 2.24) is 4.90 Å². The minimum atomic E-state index is 0.325. The summed E-state index contributed by atoms with van der Waals surface area (Å²) < 4.78 is 0. The van der Waals surface area contributed by atoms with Crippen LogP contribution in [0.2, 0.25) is 0 Å². The highest BCUT2D eigenvalue weighted by Gasteiger charge is 2.21. The van der Waals surface area contributed by atoms with Crippen LogP contribution in [0.1, 0.15) is 17.5 Å². The SMILES string of the molecule is C=Cc1ccc(CN2CCC(CO)C2)cc1. The molecule has 16 heavy (non-hydrogen) atoms. The first-order chi connectivity index (χ1) is 7.81. The molecule has 2 rings (SSSR count). The van der Waals surface area contributed by atoms with E-state index >= 15 is 0 Å². The number of likely N-dealkylation sites (tertiary alicyclic amines) is 1. The van der Waals surface area contributed by atoms with Gasteiger partial charge in [0.1, 0.15) is 0 Å². The number of hydrogen-bond donors (Lipinski definition) is 1. The number of nitrogens with zero attached hydrogens (tertiary/aromatic N) is 1. The van der Waals surface area contributed by atoms with Crippen LogP contribution in [0, 0.1) is 5.92 Å². The first kappa shape index (κ1) is 11.4. The van der Waals surface area contributed by atoms with Gasteiger partial charge in [0, 0.05) is 19.7 Å². The second-order valence-electron chi connectivity index (χ2n) is 4.52. The average Bonchev–Trinajstić information content (AvgIpc) is 2.78. The van der Waals surface area contributed by atoms with E-state index in [1.54, 1.807) is 0 Å². The normalized spacial score (nSPS) is 21.2. The van der Waals surface area contributed by atoms with Crippen LogP contribution in [0.4, 0.5) is 0 Å². The van der Waals surface area contributed by atoms with Crippen LogP contribution in [0.25, 0.3) is 6.08 Å². The van der Waals surface area contributed by atoms with Crippen molar-refractivity contribution in [2.45, 2.75) is 13.0 Å². The number of rotatable bonds is 4. The summed E-state index contributed by atoms with van der Waals surface area (Å²) in [6.45, 7) is 7.20. The standard InChI is InChI=1S/C14H19NO/c1-2-12-3-5-13(6-4-12)9-15-8-7-14(10-15)11-16/h2-6,14,16H,1,7-11H2. The molecule has 1 N–H and O–H groups in total. The first-order valence-corrected chi connectivity index (χ1v) is 5.86. The smallest absolute Gasteiger partial charge is 0.0471 e. The molecule has 1 saturated heterocycles. The molecule has 1 unspecified atom stereocenters. The second kappa shape index (κ2) is 5.28. The molecule has 0 radical (unpaired) electrons. The third-order valence-electron chi connectivity index (χ3n) is 3.25. The number of benzene rings is 1. The molecule has 2 heteroatoms. The van der Waals surface area contributed by atoms with Crippen LogP contribution in [0.15, 0.2) is 30.8 Å². The van der Waals surface area contributed by atoms with Gasteiger partial charge in [-0.15, -0.1) is 0 Å². The molecule has 1 aliphatic heterocycles. The Morgan fingerprint density at radius 3 is 2.69 bits per heavy atom. The third-order valence-corrected chi connectivity index (χ3v) is 3.25. The van der Waals surface area contributed by atoms with Gasteiger partial charge < -0.3 is 5.11 Å². The molecule has 1 aromatic rings. The average molecular weight is 217 g/mol. The van der Waals surface area contributed by atoms with Gasteiger partial charge in [0.2, 0.25) is 0 Å². The lowest BCUT2D eigenvalue weighted by Crippen LogP contribution is -2.20. The van der Waals surface area contributed by atoms with Crippen LogP contribution in [0.5, 0.6) is 0 Å². The zero-order valence-corrected chi connectivity index (χ0v) is 9.60. The summed E-state index contributed by atoms with van der Waals surface area (Å²) in [6, 6.07) is 8.51. The Hall–Kier alpha value is -1.12. The molecular weight excluding hydrogens is 198 g/mol. The van der Waals surface area contributed by atoms with Gasteiger partial charge in [0.25, 0.3) is 0 Å². The predicted molar refractivity (Wildman–Crippen MR) is 67.0 cm³/mol. The van der Waals surface area contributed by atoms with Crippen LogP contribution in [-0.2, 0) is 6.54 Å². The maximum atomic E-state index is 9.08. The Bertz CT molecular complexity index is 344. The quantitative estimate of drug-likeness (QED) is 0.835. The van der Waals surface area contributed by atoms with Gasteiger partial charge in [0.15, 0.2) is 0 Å². The maximum absolute atomic E-state index is 9.08. The lowest BCUT2D eigenvalue weighted by atomic mass is 10.1. The Kier molecular flexibility index (Phi) is 3.75. The van der Waals surface area contributed by atoms with Crippen LogP contribution < -0.4 is 0 Å². The van der Waals surface area contributed by atoms with Crippen molar-refractivity contribution in [2.24, 2.45) is 5.92 Å². The minimum Gasteiger partial charge on any atom is -0.396 e. The van der Waals surface area contributed by atoms with Crippen molar-refractivity contribution >= 4 is 6.08 Å². The third kappa shape index (κ3) is 2.71. The fourth-order valence-electron chi connectivity index (χ4n) is 2.22. The van der Waals surface area contributed by atoms with Crippen molar-refractivity contribution in [3.05, 3.63) is 42.0 Å². The Labute approximate surface area is 97.2 Å². The lowest BCUT2D eigenvalue weighted by Gasteiger charge is -2.15. The molecule has 1 fully saturated rings. The van der Waals surface area contributed by atoms with Gasteiger partial charge >= 0.3 is 0 Å². The maximum Gasteiger partial charge on any atom is 0.0471 e. The summed E-state index contributed by atoms with van der Waals surface area (Å²) in [5.74, 6) is 0.479. The van der Waals surface area contributed by atoms with Crippen molar-refractivity contribution in [1.29, 1.82) is 0 Å². The molecule has 86 valence electrons. The number of aliphatic hydroxyl groups is 1. The molecule has 1 atom stereocenters. The monoisotopic (exact) mass is 217 g/mol. The Morgan fingerprint density at radius 2 is 2.12 bits per heavy atom. The van der Waals surface area contributed by atoms with Gasteiger partial charge in [-0.3, -0.25) is 4.90 Å². The van der Waals surface area contributed by atoms with E-state index in [9.17, 15) is 0 Å². The van der Waals surface area contributed by atoms with Gasteiger partial charge in [0.05, 0.1) is 0 Å². The Morgan fingerprint density at radius 1 is 1.38 bits per heavy atom. The molecule has 1 aromatic carbocycles. The van der Waals surface area contributed by atoms with Gasteiger partial charge in [-0.05, 0) is 30.0 Å². The zero-order valence-electron chi connectivity index (χ0n) is 9.60. The molecule has 0 aromatic heterocycles. The van der Waals surface area contributed by atoms with Crippen molar-refractivity contribution in [2.75, 3.05) is 19.7 Å². The summed E-state index contributed by atoms with van der Waals surface area (Å²) >= 11 is 0. The van der Waals surface area contributed by atoms with E-state index in [4.69, 9.17) is 5.11 Å². The fraction of sp³-hybridized carbons (Fsp3) is 0.429. The van der Waals surface area contributed by atoms with Crippen LogP contribution in [-0.4, -0.2) is 29.7 Å². The van der Waals surface area contributed by atoms with E-state index < -0.39 is 0 Å². The molecule has 0 amide bonds. The zero-order chi connectivity index (χ0) is 11.4. The summed E-state index contributed by atoms with van der Waals surface area (Å²) in [5, 5.41) is 9.08. The van der Waals surface area contributed by atoms with E-state index in [0.29, 0.717) is 12.5 Å². The molecule has 0 bridgehead atoms. The number of aliphatic hydroxyl groups excluding tert-OH is 1. The molecule has 0 spiro atoms. The predicted octanol–water partition coefficient (Wildman–Crippen LogP) is 2.14. The lowest BCUT2D eigenvalue weighted by molar-refractivity contribution is 0.220. The van der Waals surface area contributed by atoms with E-state index in [-0.39, 0.29) is 0 Å². The summed E-state index contributed by atoms with van der Waals surface area (Å²) in [6.07, 6.45) is 2.99. The largest absolute Gasteiger partial charge is 0.396 e. The van der Waals surface area contributed by atoms with Crippen LogP contribution in [0.3, 0.4) is 0 Å².